The molecule has 1 atom stereocenters. The molecule has 2 aromatic carbocycles. The van der Waals surface area contributed by atoms with Crippen molar-refractivity contribution in [1.29, 1.82) is 0 Å². The highest BCUT2D eigenvalue weighted by Crippen LogP contribution is 2.39. The van der Waals surface area contributed by atoms with E-state index in [4.69, 9.17) is 39.8 Å². The molecule has 0 radical (unpaired) electrons. The average molecular weight is 505 g/mol. The molecular weight excluding hydrogens is 489 g/mol. The first kappa shape index (κ1) is 21.5. The summed E-state index contributed by atoms with van der Waals surface area (Å²) in [5.74, 6) is 0.0894. The number of halogens is 3. The summed E-state index contributed by atoms with van der Waals surface area (Å²) in [5.41, 5.74) is 3.53. The molecule has 5 rings (SSSR count). The van der Waals surface area contributed by atoms with Crippen molar-refractivity contribution in [1.82, 2.24) is 9.97 Å². The summed E-state index contributed by atoms with van der Waals surface area (Å²) in [7, 11) is -3.76. The Hall–Kier alpha value is -2.38. The smallest absolute Gasteiger partial charge is 0.229 e. The van der Waals surface area contributed by atoms with Gasteiger partial charge in [0, 0.05) is 27.4 Å². The van der Waals surface area contributed by atoms with Crippen LogP contribution in [-0.4, -0.2) is 30.3 Å². The van der Waals surface area contributed by atoms with Crippen LogP contribution in [-0.2, 0) is 10.0 Å². The van der Waals surface area contributed by atoms with Crippen LogP contribution in [0.4, 0.5) is 5.95 Å². The maximum atomic E-state index is 13.2. The number of allylic oxidation sites excluding steroid dienone is 2. The summed E-state index contributed by atoms with van der Waals surface area (Å²) in [6, 6.07) is 14.6. The number of anilines is 1. The van der Waals surface area contributed by atoms with Crippen LogP contribution in [0.15, 0.2) is 77.4 Å². The number of alkyl halides is 1. The lowest BCUT2D eigenvalue weighted by molar-refractivity contribution is 0.601. The van der Waals surface area contributed by atoms with E-state index in [9.17, 15) is 8.42 Å². The standard InChI is InChI=1S/C23H16Cl3N3O2S/c24-16-7-5-14(6-8-16)19-12-27-23(28-22(19)18-3-1-2-4-20(18)26)29-13-15-11-17(25)9-10-21(15)32(29,30)31/h1-10,12,17H,11,13H2. The monoisotopic (exact) mass is 503 g/mol. The molecule has 1 aromatic heterocycles. The molecule has 0 bridgehead atoms. The zero-order valence-electron chi connectivity index (χ0n) is 16.5. The van der Waals surface area contributed by atoms with Gasteiger partial charge < -0.3 is 0 Å². The van der Waals surface area contributed by atoms with Gasteiger partial charge in [-0.2, -0.15) is 0 Å². The van der Waals surface area contributed by atoms with Crippen molar-refractivity contribution in [3.05, 3.63) is 87.4 Å². The van der Waals surface area contributed by atoms with Crippen LogP contribution in [0.25, 0.3) is 22.4 Å². The van der Waals surface area contributed by atoms with Crippen LogP contribution in [0.5, 0.6) is 0 Å². The lowest BCUT2D eigenvalue weighted by atomic mass is 10.0. The molecule has 0 saturated heterocycles. The van der Waals surface area contributed by atoms with E-state index in [0.29, 0.717) is 33.3 Å². The number of rotatable bonds is 3. The fraction of sp³-hybridized carbons (Fsp3) is 0.130. The largest absolute Gasteiger partial charge is 0.266 e. The van der Waals surface area contributed by atoms with Gasteiger partial charge in [0.1, 0.15) is 0 Å². The number of aromatic nitrogens is 2. The molecule has 0 amide bonds. The van der Waals surface area contributed by atoms with Crippen molar-refractivity contribution in [2.75, 3.05) is 10.8 Å². The number of sulfonamides is 1. The number of nitrogens with zero attached hydrogens (tertiary/aromatic N) is 3. The van der Waals surface area contributed by atoms with Crippen molar-refractivity contribution in [2.24, 2.45) is 0 Å². The van der Waals surface area contributed by atoms with Gasteiger partial charge in [-0.1, -0.05) is 59.6 Å². The average Bonchev–Trinajstić information content (AvgIpc) is 3.04. The second-order valence-electron chi connectivity index (χ2n) is 7.48. The van der Waals surface area contributed by atoms with E-state index >= 15 is 0 Å². The van der Waals surface area contributed by atoms with Crippen LogP contribution < -0.4 is 4.31 Å². The third kappa shape index (κ3) is 3.71. The highest BCUT2D eigenvalue weighted by Gasteiger charge is 2.39. The van der Waals surface area contributed by atoms with Crippen LogP contribution in [0.1, 0.15) is 6.42 Å². The van der Waals surface area contributed by atoms with Crippen molar-refractivity contribution >= 4 is 50.8 Å². The van der Waals surface area contributed by atoms with E-state index in [1.54, 1.807) is 36.5 Å². The fourth-order valence-corrected chi connectivity index (χ4v) is 6.11. The van der Waals surface area contributed by atoms with E-state index in [-0.39, 0.29) is 22.8 Å². The Morgan fingerprint density at radius 1 is 1.00 bits per heavy atom. The summed E-state index contributed by atoms with van der Waals surface area (Å²) in [6.07, 6.45) is 5.37. The van der Waals surface area contributed by atoms with Gasteiger partial charge in [-0.15, -0.1) is 11.6 Å². The fourth-order valence-electron chi connectivity index (χ4n) is 3.87. The van der Waals surface area contributed by atoms with Crippen molar-refractivity contribution in [2.45, 2.75) is 11.8 Å². The molecule has 0 spiro atoms. The first-order chi connectivity index (χ1) is 15.3. The van der Waals surface area contributed by atoms with E-state index < -0.39 is 10.0 Å². The summed E-state index contributed by atoms with van der Waals surface area (Å²) in [4.78, 5) is 9.39. The molecule has 5 nitrogen and oxygen atoms in total. The van der Waals surface area contributed by atoms with Crippen molar-refractivity contribution in [3.8, 4) is 22.4 Å². The Bertz CT molecular complexity index is 1390. The van der Waals surface area contributed by atoms with E-state index in [1.807, 2.05) is 30.3 Å². The minimum Gasteiger partial charge on any atom is -0.229 e. The van der Waals surface area contributed by atoms with Gasteiger partial charge >= 0.3 is 0 Å². The molecule has 9 heteroatoms. The van der Waals surface area contributed by atoms with Gasteiger partial charge in [0.25, 0.3) is 10.0 Å². The highest BCUT2D eigenvalue weighted by atomic mass is 35.5. The van der Waals surface area contributed by atoms with Gasteiger partial charge in [-0.25, -0.2) is 22.7 Å². The van der Waals surface area contributed by atoms with Crippen molar-refractivity contribution < 1.29 is 8.42 Å². The first-order valence-corrected chi connectivity index (χ1v) is 12.4. The Morgan fingerprint density at radius 3 is 2.50 bits per heavy atom. The van der Waals surface area contributed by atoms with Gasteiger partial charge in [0.05, 0.1) is 22.5 Å². The summed E-state index contributed by atoms with van der Waals surface area (Å²) in [5, 5.41) is 0.883. The second kappa shape index (κ2) is 8.19. The quantitative estimate of drug-likeness (QED) is 0.405. The lowest BCUT2D eigenvalue weighted by Crippen LogP contribution is -2.28. The predicted octanol–water partition coefficient (Wildman–Crippen LogP) is 6.09. The van der Waals surface area contributed by atoms with Gasteiger partial charge in [-0.05, 0) is 41.8 Å². The van der Waals surface area contributed by atoms with Gasteiger partial charge in [-0.3, -0.25) is 0 Å². The van der Waals surface area contributed by atoms with E-state index in [1.165, 1.54) is 4.31 Å². The summed E-state index contributed by atoms with van der Waals surface area (Å²) in [6.45, 7) is 0.174. The SMILES string of the molecule is O=S1(=O)C2=C(CC(Cl)C=C2)CN1c1ncc(-c2ccc(Cl)cc2)c(-c2ccccc2Cl)n1. The maximum Gasteiger partial charge on any atom is 0.266 e. The molecule has 2 aliphatic rings. The van der Waals surface area contributed by atoms with Crippen LogP contribution >= 0.6 is 34.8 Å². The minimum absolute atomic E-state index is 0.0894. The molecule has 2 heterocycles. The van der Waals surface area contributed by atoms with Crippen LogP contribution in [0.2, 0.25) is 10.0 Å². The summed E-state index contributed by atoms with van der Waals surface area (Å²) < 4.78 is 27.6. The van der Waals surface area contributed by atoms with Crippen LogP contribution in [0.3, 0.4) is 0 Å². The van der Waals surface area contributed by atoms with Crippen molar-refractivity contribution in [3.63, 3.8) is 0 Å². The molecule has 1 unspecified atom stereocenters. The lowest BCUT2D eigenvalue weighted by Gasteiger charge is -2.18. The Morgan fingerprint density at radius 2 is 1.75 bits per heavy atom. The molecule has 3 aromatic rings. The molecule has 1 aliphatic carbocycles. The number of hydrogen-bond donors (Lipinski definition) is 0. The topological polar surface area (TPSA) is 63.2 Å². The third-order valence-corrected chi connectivity index (χ3v) is 8.17. The molecule has 162 valence electrons. The van der Waals surface area contributed by atoms with Gasteiger partial charge in [0.2, 0.25) is 5.95 Å². The highest BCUT2D eigenvalue weighted by molar-refractivity contribution is 7.97. The Kier molecular flexibility index (Phi) is 5.50. The van der Waals surface area contributed by atoms with E-state index in [0.717, 1.165) is 11.1 Å². The molecule has 0 N–H and O–H groups in total. The van der Waals surface area contributed by atoms with E-state index in [2.05, 4.69) is 4.98 Å². The molecule has 1 aliphatic heterocycles. The predicted molar refractivity (Wildman–Crippen MR) is 130 cm³/mol. The first-order valence-electron chi connectivity index (χ1n) is 9.79. The van der Waals surface area contributed by atoms with Gasteiger partial charge in [0.15, 0.2) is 0 Å². The zero-order valence-corrected chi connectivity index (χ0v) is 19.6. The third-order valence-electron chi connectivity index (χ3n) is 5.43. The number of benzene rings is 2. The molecule has 0 saturated carbocycles. The normalized spacial score (nSPS) is 19.3. The minimum atomic E-state index is -3.76. The Labute approximate surface area is 201 Å². The zero-order chi connectivity index (χ0) is 22.5. The second-order valence-corrected chi connectivity index (χ2v) is 10.7. The number of hydrogen-bond acceptors (Lipinski definition) is 4. The van der Waals surface area contributed by atoms with Crippen LogP contribution in [0, 0.1) is 0 Å². The maximum absolute atomic E-state index is 13.2. The molecule has 32 heavy (non-hydrogen) atoms. The molecular formula is C23H16Cl3N3O2S. The summed E-state index contributed by atoms with van der Waals surface area (Å²) >= 11 is 18.7. The molecule has 0 fully saturated rings. The Balaban J connectivity index is 1.65.